The van der Waals surface area contributed by atoms with E-state index >= 15 is 0 Å². The Balaban J connectivity index is 3.10. The molecule has 1 aromatic rings. The summed E-state index contributed by atoms with van der Waals surface area (Å²) in [7, 11) is -3.43. The first-order valence-corrected chi connectivity index (χ1v) is 6.88. The van der Waals surface area contributed by atoms with E-state index in [0.29, 0.717) is 0 Å². The maximum Gasteiger partial charge on any atom is 0.152 e. The molecule has 0 aliphatic rings. The molecule has 2 atom stereocenters. The average molecular weight is 267 g/mol. The van der Waals surface area contributed by atoms with Crippen molar-refractivity contribution in [1.82, 2.24) is 0 Å². The molecule has 0 bridgehead atoms. The fourth-order valence-electron chi connectivity index (χ4n) is 1.23. The summed E-state index contributed by atoms with van der Waals surface area (Å²) in [5.74, 6) is -0.712. The van der Waals surface area contributed by atoms with E-state index in [1.807, 2.05) is 0 Å². The average Bonchev–Trinajstić information content (AvgIpc) is 2.14. The molecule has 0 heterocycles. The van der Waals surface area contributed by atoms with E-state index in [4.69, 9.17) is 11.6 Å². The summed E-state index contributed by atoms with van der Waals surface area (Å²) in [6, 6.07) is 3.72. The molecule has 16 heavy (non-hydrogen) atoms. The standard InChI is InChI=1S/C10H12ClFO3S/c1-6(16(2,14)15)10(13)8-4-3-7(11)5-9(8)12/h3-6,10,13H,1-2H3. The predicted molar refractivity (Wildman–Crippen MR) is 60.7 cm³/mol. The number of hydrogen-bond acceptors (Lipinski definition) is 3. The molecule has 1 rings (SSSR count). The third kappa shape index (κ3) is 2.93. The quantitative estimate of drug-likeness (QED) is 0.910. The van der Waals surface area contributed by atoms with E-state index in [9.17, 15) is 17.9 Å². The van der Waals surface area contributed by atoms with Gasteiger partial charge in [0.15, 0.2) is 9.84 Å². The normalized spacial score (nSPS) is 15.8. The first-order chi connectivity index (χ1) is 7.23. The van der Waals surface area contributed by atoms with E-state index < -0.39 is 27.0 Å². The Morgan fingerprint density at radius 1 is 1.44 bits per heavy atom. The number of rotatable bonds is 3. The van der Waals surface area contributed by atoms with E-state index in [-0.39, 0.29) is 10.6 Å². The molecular formula is C10H12ClFO3S. The lowest BCUT2D eigenvalue weighted by atomic mass is 10.1. The highest BCUT2D eigenvalue weighted by Gasteiger charge is 2.27. The lowest BCUT2D eigenvalue weighted by molar-refractivity contribution is 0.171. The van der Waals surface area contributed by atoms with Crippen LogP contribution in [0.5, 0.6) is 0 Å². The predicted octanol–water partition coefficient (Wildman–Crippen LogP) is 1.95. The Hall–Kier alpha value is -0.650. The van der Waals surface area contributed by atoms with Crippen LogP contribution in [0, 0.1) is 5.82 Å². The molecular weight excluding hydrogens is 255 g/mol. The van der Waals surface area contributed by atoms with Crippen molar-refractivity contribution in [2.75, 3.05) is 6.26 Å². The van der Waals surface area contributed by atoms with Crippen molar-refractivity contribution >= 4 is 21.4 Å². The minimum atomic E-state index is -3.43. The molecule has 0 aromatic heterocycles. The smallest absolute Gasteiger partial charge is 0.152 e. The highest BCUT2D eigenvalue weighted by atomic mass is 35.5. The third-order valence-electron chi connectivity index (χ3n) is 2.40. The number of aliphatic hydroxyl groups is 1. The number of halogens is 2. The number of aliphatic hydroxyl groups excluding tert-OH is 1. The molecule has 0 fully saturated rings. The summed E-state index contributed by atoms with van der Waals surface area (Å²) in [4.78, 5) is 0. The van der Waals surface area contributed by atoms with Crippen molar-refractivity contribution in [2.45, 2.75) is 18.3 Å². The van der Waals surface area contributed by atoms with Crippen LogP contribution in [-0.2, 0) is 9.84 Å². The van der Waals surface area contributed by atoms with Gasteiger partial charge in [0, 0.05) is 16.8 Å². The zero-order valence-corrected chi connectivity index (χ0v) is 10.4. The molecule has 0 spiro atoms. The van der Waals surface area contributed by atoms with Crippen LogP contribution in [-0.4, -0.2) is 25.0 Å². The molecule has 1 aromatic carbocycles. The van der Waals surface area contributed by atoms with Crippen LogP contribution in [0.4, 0.5) is 4.39 Å². The molecule has 2 unspecified atom stereocenters. The molecule has 6 heteroatoms. The van der Waals surface area contributed by atoms with Crippen LogP contribution in [0.3, 0.4) is 0 Å². The Morgan fingerprint density at radius 2 is 2.00 bits per heavy atom. The molecule has 0 radical (unpaired) electrons. The lowest BCUT2D eigenvalue weighted by Crippen LogP contribution is -2.24. The van der Waals surface area contributed by atoms with Gasteiger partial charge >= 0.3 is 0 Å². The van der Waals surface area contributed by atoms with Crippen LogP contribution in [0.1, 0.15) is 18.6 Å². The second-order valence-electron chi connectivity index (χ2n) is 3.65. The topological polar surface area (TPSA) is 54.4 Å². The summed E-state index contributed by atoms with van der Waals surface area (Å²) >= 11 is 5.55. The largest absolute Gasteiger partial charge is 0.387 e. The SMILES string of the molecule is CC(C(O)c1ccc(Cl)cc1F)S(C)(=O)=O. The second-order valence-corrected chi connectivity index (χ2v) is 6.48. The Morgan fingerprint density at radius 3 is 2.44 bits per heavy atom. The summed E-state index contributed by atoms with van der Waals surface area (Å²) < 4.78 is 35.8. The fourth-order valence-corrected chi connectivity index (χ4v) is 2.00. The zero-order chi connectivity index (χ0) is 12.5. The van der Waals surface area contributed by atoms with Crippen LogP contribution in [0.2, 0.25) is 5.02 Å². The molecule has 90 valence electrons. The number of benzene rings is 1. The molecule has 0 aliphatic heterocycles. The Labute approximate surface area is 98.8 Å². The molecule has 0 aliphatic carbocycles. The monoisotopic (exact) mass is 266 g/mol. The van der Waals surface area contributed by atoms with Crippen molar-refractivity contribution in [2.24, 2.45) is 0 Å². The van der Waals surface area contributed by atoms with Gasteiger partial charge in [0.25, 0.3) is 0 Å². The second kappa shape index (κ2) is 4.69. The molecule has 0 saturated carbocycles. The van der Waals surface area contributed by atoms with Gasteiger partial charge in [-0.25, -0.2) is 12.8 Å². The lowest BCUT2D eigenvalue weighted by Gasteiger charge is -2.18. The van der Waals surface area contributed by atoms with Crippen molar-refractivity contribution in [1.29, 1.82) is 0 Å². The van der Waals surface area contributed by atoms with E-state index in [1.54, 1.807) is 0 Å². The number of hydrogen-bond donors (Lipinski definition) is 1. The summed E-state index contributed by atoms with van der Waals surface area (Å²) in [5, 5.41) is 8.86. The summed E-state index contributed by atoms with van der Waals surface area (Å²) in [6.07, 6.45) is -0.401. The Bertz CT molecular complexity index is 487. The third-order valence-corrected chi connectivity index (χ3v) is 4.24. The minimum absolute atomic E-state index is 0.0673. The van der Waals surface area contributed by atoms with E-state index in [2.05, 4.69) is 0 Å². The van der Waals surface area contributed by atoms with Gasteiger partial charge < -0.3 is 5.11 Å². The maximum atomic E-state index is 13.4. The van der Waals surface area contributed by atoms with Gasteiger partial charge in [0.2, 0.25) is 0 Å². The van der Waals surface area contributed by atoms with Gasteiger partial charge in [0.05, 0.1) is 11.4 Å². The van der Waals surface area contributed by atoms with Gasteiger partial charge in [-0.3, -0.25) is 0 Å². The zero-order valence-electron chi connectivity index (χ0n) is 8.81. The van der Waals surface area contributed by atoms with Gasteiger partial charge in [-0.1, -0.05) is 17.7 Å². The summed E-state index contributed by atoms with van der Waals surface area (Å²) in [5.41, 5.74) is -0.0673. The van der Waals surface area contributed by atoms with Crippen LogP contribution < -0.4 is 0 Å². The van der Waals surface area contributed by atoms with Crippen LogP contribution in [0.15, 0.2) is 18.2 Å². The fraction of sp³-hybridized carbons (Fsp3) is 0.400. The first kappa shape index (κ1) is 13.4. The molecule has 0 saturated heterocycles. The van der Waals surface area contributed by atoms with E-state index in [1.165, 1.54) is 19.1 Å². The van der Waals surface area contributed by atoms with Crippen molar-refractivity contribution in [3.63, 3.8) is 0 Å². The Kier molecular flexibility index (Phi) is 3.93. The van der Waals surface area contributed by atoms with Crippen LogP contribution in [0.25, 0.3) is 0 Å². The number of sulfone groups is 1. The highest BCUT2D eigenvalue weighted by Crippen LogP contribution is 2.25. The first-order valence-electron chi connectivity index (χ1n) is 4.55. The van der Waals surface area contributed by atoms with Crippen LogP contribution >= 0.6 is 11.6 Å². The summed E-state index contributed by atoms with van der Waals surface area (Å²) in [6.45, 7) is 1.33. The maximum absolute atomic E-state index is 13.4. The van der Waals surface area contributed by atoms with Gasteiger partial charge in [-0.2, -0.15) is 0 Å². The van der Waals surface area contributed by atoms with Crippen molar-refractivity contribution in [3.8, 4) is 0 Å². The molecule has 0 amide bonds. The van der Waals surface area contributed by atoms with Gasteiger partial charge in [0.1, 0.15) is 5.82 Å². The van der Waals surface area contributed by atoms with Crippen molar-refractivity contribution < 1.29 is 17.9 Å². The van der Waals surface area contributed by atoms with E-state index in [0.717, 1.165) is 12.3 Å². The molecule has 1 N–H and O–H groups in total. The van der Waals surface area contributed by atoms with Crippen molar-refractivity contribution in [3.05, 3.63) is 34.6 Å². The minimum Gasteiger partial charge on any atom is -0.387 e. The molecule has 3 nitrogen and oxygen atoms in total. The highest BCUT2D eigenvalue weighted by molar-refractivity contribution is 7.91. The van der Waals surface area contributed by atoms with Gasteiger partial charge in [-0.15, -0.1) is 0 Å². The van der Waals surface area contributed by atoms with Gasteiger partial charge in [-0.05, 0) is 19.1 Å².